The molecule has 1 unspecified atom stereocenters. The number of aryl methyl sites for hydroxylation is 1. The summed E-state index contributed by atoms with van der Waals surface area (Å²) in [5, 5.41) is 0. The lowest BCUT2D eigenvalue weighted by Gasteiger charge is -2.27. The minimum absolute atomic E-state index is 0.590. The largest absolute Gasteiger partial charge is 0.367 e. The first-order chi connectivity index (χ1) is 11.5. The molecule has 0 aliphatic carbocycles. The number of carbonyl (C=O) groups excluding carboxylic acids is 1. The van der Waals surface area contributed by atoms with Crippen molar-refractivity contribution in [2.24, 2.45) is 11.5 Å². The van der Waals surface area contributed by atoms with Crippen LogP contribution in [0.15, 0.2) is 73.1 Å². The first-order valence-corrected chi connectivity index (χ1v) is 7.68. The summed E-state index contributed by atoms with van der Waals surface area (Å²) in [6.07, 6.45) is 3.59. The normalized spacial score (nSPS) is 13.2. The van der Waals surface area contributed by atoms with Crippen LogP contribution in [0, 0.1) is 6.92 Å². The number of aromatic nitrogens is 1. The first kappa shape index (κ1) is 15.9. The Morgan fingerprint density at radius 1 is 0.917 bits per heavy atom. The average Bonchev–Trinajstić information content (AvgIpc) is 2.61. The van der Waals surface area contributed by atoms with Crippen molar-refractivity contribution in [1.29, 1.82) is 0 Å². The van der Waals surface area contributed by atoms with E-state index in [1.807, 2.05) is 67.6 Å². The fourth-order valence-corrected chi connectivity index (χ4v) is 2.81. The lowest BCUT2D eigenvalue weighted by Crippen LogP contribution is -2.50. The lowest BCUT2D eigenvalue weighted by atomic mass is 9.82. The molecule has 3 aromatic rings. The van der Waals surface area contributed by atoms with Gasteiger partial charge in [-0.05, 0) is 41.3 Å². The average molecular weight is 317 g/mol. The summed E-state index contributed by atoms with van der Waals surface area (Å²) in [6.45, 7) is 1.99. The van der Waals surface area contributed by atoms with Gasteiger partial charge in [-0.3, -0.25) is 9.78 Å². The Balaban J connectivity index is 2.14. The van der Waals surface area contributed by atoms with Gasteiger partial charge in [0.15, 0.2) is 0 Å². The second-order valence-electron chi connectivity index (χ2n) is 5.87. The molecule has 0 radical (unpaired) electrons. The number of nitrogens with two attached hydrogens (primary N) is 2. The number of rotatable bonds is 4. The fraction of sp³-hybridized carbons (Fsp3) is 0.100. The molecule has 120 valence electrons. The van der Waals surface area contributed by atoms with E-state index in [9.17, 15) is 4.79 Å². The number of hydrogen-bond acceptors (Lipinski definition) is 3. The molecule has 3 rings (SSSR count). The summed E-state index contributed by atoms with van der Waals surface area (Å²) in [5.41, 5.74) is 15.1. The number of primary amides is 1. The predicted molar refractivity (Wildman–Crippen MR) is 95.0 cm³/mol. The SMILES string of the molecule is Cc1cncc(-c2cccc(C(N)(C(N)=O)c3ccccc3)c2)c1. The lowest BCUT2D eigenvalue weighted by molar-refractivity contribution is -0.122. The molecule has 1 heterocycles. The van der Waals surface area contributed by atoms with Crippen molar-refractivity contribution in [1.82, 2.24) is 4.98 Å². The number of hydrogen-bond donors (Lipinski definition) is 2. The van der Waals surface area contributed by atoms with E-state index in [0.717, 1.165) is 16.7 Å². The van der Waals surface area contributed by atoms with Crippen LogP contribution in [0.2, 0.25) is 0 Å². The Kier molecular flexibility index (Phi) is 4.15. The van der Waals surface area contributed by atoms with Crippen molar-refractivity contribution in [3.05, 3.63) is 89.7 Å². The molecular weight excluding hydrogens is 298 g/mol. The summed E-state index contributed by atoms with van der Waals surface area (Å²) in [5.74, 6) is -0.590. The molecule has 0 saturated heterocycles. The molecule has 0 aliphatic rings. The zero-order valence-corrected chi connectivity index (χ0v) is 13.4. The van der Waals surface area contributed by atoms with Crippen molar-refractivity contribution in [3.8, 4) is 11.1 Å². The molecule has 24 heavy (non-hydrogen) atoms. The summed E-state index contributed by atoms with van der Waals surface area (Å²) in [4.78, 5) is 16.4. The third-order valence-corrected chi connectivity index (χ3v) is 4.14. The van der Waals surface area contributed by atoms with Crippen molar-refractivity contribution < 1.29 is 4.79 Å². The molecule has 0 bridgehead atoms. The first-order valence-electron chi connectivity index (χ1n) is 7.68. The maximum absolute atomic E-state index is 12.2. The van der Waals surface area contributed by atoms with Crippen molar-refractivity contribution in [3.63, 3.8) is 0 Å². The highest BCUT2D eigenvalue weighted by Gasteiger charge is 2.36. The summed E-state index contributed by atoms with van der Waals surface area (Å²) in [6, 6.07) is 18.8. The Morgan fingerprint density at radius 2 is 1.62 bits per heavy atom. The predicted octanol–water partition coefficient (Wildman–Crippen LogP) is 2.74. The van der Waals surface area contributed by atoms with Crippen LogP contribution in [-0.4, -0.2) is 10.9 Å². The van der Waals surface area contributed by atoms with E-state index in [4.69, 9.17) is 11.5 Å². The number of nitrogens with zero attached hydrogens (tertiary/aromatic N) is 1. The number of amides is 1. The molecule has 1 amide bonds. The smallest absolute Gasteiger partial charge is 0.246 e. The van der Waals surface area contributed by atoms with Gasteiger partial charge in [-0.25, -0.2) is 0 Å². The van der Waals surface area contributed by atoms with Crippen LogP contribution in [0.25, 0.3) is 11.1 Å². The summed E-state index contributed by atoms with van der Waals surface area (Å²) in [7, 11) is 0. The van der Waals surface area contributed by atoms with E-state index in [2.05, 4.69) is 4.98 Å². The van der Waals surface area contributed by atoms with Gasteiger partial charge in [0.05, 0.1) is 0 Å². The zero-order chi connectivity index (χ0) is 17.2. The number of carbonyl (C=O) groups is 1. The van der Waals surface area contributed by atoms with Gasteiger partial charge in [-0.2, -0.15) is 0 Å². The van der Waals surface area contributed by atoms with Gasteiger partial charge >= 0.3 is 0 Å². The van der Waals surface area contributed by atoms with Gasteiger partial charge in [0.25, 0.3) is 0 Å². The number of benzene rings is 2. The molecule has 1 aromatic heterocycles. The molecule has 4 nitrogen and oxygen atoms in total. The van der Waals surface area contributed by atoms with E-state index in [1.165, 1.54) is 0 Å². The van der Waals surface area contributed by atoms with Crippen molar-refractivity contribution in [2.45, 2.75) is 12.5 Å². The van der Waals surface area contributed by atoms with Crippen LogP contribution in [0.4, 0.5) is 0 Å². The van der Waals surface area contributed by atoms with E-state index in [0.29, 0.717) is 11.1 Å². The highest BCUT2D eigenvalue weighted by molar-refractivity contribution is 5.90. The van der Waals surface area contributed by atoms with Gasteiger partial charge in [0.1, 0.15) is 5.54 Å². The van der Waals surface area contributed by atoms with E-state index < -0.39 is 11.4 Å². The quantitative estimate of drug-likeness (QED) is 0.776. The van der Waals surface area contributed by atoms with Gasteiger partial charge in [0.2, 0.25) is 5.91 Å². The number of pyridine rings is 1. The van der Waals surface area contributed by atoms with E-state index in [1.54, 1.807) is 12.4 Å². The van der Waals surface area contributed by atoms with Gasteiger partial charge < -0.3 is 11.5 Å². The van der Waals surface area contributed by atoms with E-state index >= 15 is 0 Å². The van der Waals surface area contributed by atoms with Crippen molar-refractivity contribution >= 4 is 5.91 Å². The Hall–Kier alpha value is -2.98. The summed E-state index contributed by atoms with van der Waals surface area (Å²) >= 11 is 0. The second kappa shape index (κ2) is 6.26. The molecule has 0 aliphatic heterocycles. The fourth-order valence-electron chi connectivity index (χ4n) is 2.81. The molecular formula is C20H19N3O. The minimum atomic E-state index is -1.38. The second-order valence-corrected chi connectivity index (χ2v) is 5.87. The topological polar surface area (TPSA) is 82.0 Å². The van der Waals surface area contributed by atoms with Crippen LogP contribution in [-0.2, 0) is 10.3 Å². The van der Waals surface area contributed by atoms with Crippen LogP contribution >= 0.6 is 0 Å². The third-order valence-electron chi connectivity index (χ3n) is 4.14. The Labute approximate surface area is 141 Å². The minimum Gasteiger partial charge on any atom is -0.367 e. The molecule has 4 N–H and O–H groups in total. The van der Waals surface area contributed by atoms with Crippen LogP contribution in [0.5, 0.6) is 0 Å². The van der Waals surface area contributed by atoms with Crippen molar-refractivity contribution in [2.75, 3.05) is 0 Å². The van der Waals surface area contributed by atoms with Gasteiger partial charge in [-0.15, -0.1) is 0 Å². The van der Waals surface area contributed by atoms with E-state index in [-0.39, 0.29) is 0 Å². The maximum atomic E-state index is 12.2. The van der Waals surface area contributed by atoms with Crippen LogP contribution in [0.1, 0.15) is 16.7 Å². The summed E-state index contributed by atoms with van der Waals surface area (Å²) < 4.78 is 0. The molecule has 2 aromatic carbocycles. The standard InChI is InChI=1S/C20H19N3O/c1-14-10-16(13-23-12-14)15-6-5-9-18(11-15)20(22,19(21)24)17-7-3-2-4-8-17/h2-13H,22H2,1H3,(H2,21,24). The highest BCUT2D eigenvalue weighted by atomic mass is 16.1. The third kappa shape index (κ3) is 2.79. The molecule has 4 heteroatoms. The Morgan fingerprint density at radius 3 is 2.29 bits per heavy atom. The molecule has 0 spiro atoms. The molecule has 0 fully saturated rings. The van der Waals surface area contributed by atoms with Crippen LogP contribution in [0.3, 0.4) is 0 Å². The maximum Gasteiger partial charge on any atom is 0.246 e. The van der Waals surface area contributed by atoms with Crippen LogP contribution < -0.4 is 11.5 Å². The molecule has 0 saturated carbocycles. The molecule has 1 atom stereocenters. The zero-order valence-electron chi connectivity index (χ0n) is 13.4. The van der Waals surface area contributed by atoms with Gasteiger partial charge in [0, 0.05) is 18.0 Å². The highest BCUT2D eigenvalue weighted by Crippen LogP contribution is 2.30. The monoisotopic (exact) mass is 317 g/mol. The van der Waals surface area contributed by atoms with Gasteiger partial charge in [-0.1, -0.05) is 48.5 Å². The Bertz CT molecular complexity index is 877.